The maximum Gasteiger partial charge on any atom is 0.268 e. The summed E-state index contributed by atoms with van der Waals surface area (Å²) < 4.78 is 26.3. The number of nitrogens with one attached hydrogen (secondary N) is 1. The number of halogens is 3. The Balaban J connectivity index is 1.94. The molecule has 4 nitrogen and oxygen atoms in total. The highest BCUT2D eigenvalue weighted by Gasteiger charge is 2.15. The first-order valence-electron chi connectivity index (χ1n) is 6.67. The Labute approximate surface area is 136 Å². The van der Waals surface area contributed by atoms with Crippen LogP contribution in [0, 0.1) is 11.6 Å². The second-order valence-corrected chi connectivity index (χ2v) is 5.02. The molecule has 0 aromatic heterocycles. The molecule has 7 heteroatoms. The Morgan fingerprint density at radius 3 is 2.74 bits per heavy atom. The summed E-state index contributed by atoms with van der Waals surface area (Å²) in [5.41, 5.74) is 0.494. The molecule has 0 aliphatic rings. The Kier molecular flexibility index (Phi) is 5.65. The van der Waals surface area contributed by atoms with Crippen LogP contribution in [0.3, 0.4) is 0 Å². The van der Waals surface area contributed by atoms with Crippen LogP contribution in [0.1, 0.15) is 12.5 Å². The summed E-state index contributed by atoms with van der Waals surface area (Å²) in [6.07, 6.45) is 0.225. The molecule has 0 bridgehead atoms. The molecule has 0 unspecified atom stereocenters. The maximum absolute atomic E-state index is 13.4. The third-order valence-electron chi connectivity index (χ3n) is 2.87. The fourth-order valence-electron chi connectivity index (χ4n) is 1.63. The summed E-state index contributed by atoms with van der Waals surface area (Å²) in [6, 6.07) is 9.60. The summed E-state index contributed by atoms with van der Waals surface area (Å²) in [5, 5.41) is 6.14. The normalized spacial score (nSPS) is 12.2. The summed E-state index contributed by atoms with van der Waals surface area (Å²) in [5.74, 6) is -1.48. The highest BCUT2D eigenvalue weighted by atomic mass is 35.5. The average Bonchev–Trinajstić information content (AvgIpc) is 2.51. The zero-order chi connectivity index (χ0) is 16.8. The molecule has 1 amide bonds. The van der Waals surface area contributed by atoms with Crippen molar-refractivity contribution in [3.05, 3.63) is 64.7 Å². The molecule has 2 aromatic rings. The molecule has 1 N–H and O–H groups in total. The number of rotatable bonds is 5. The van der Waals surface area contributed by atoms with Gasteiger partial charge in [0.05, 0.1) is 16.9 Å². The van der Waals surface area contributed by atoms with Crippen molar-refractivity contribution < 1.29 is 18.4 Å². The van der Waals surface area contributed by atoms with Gasteiger partial charge in [-0.2, -0.15) is 0 Å². The summed E-state index contributed by atoms with van der Waals surface area (Å²) in [4.78, 5) is 16.9. The van der Waals surface area contributed by atoms with E-state index in [4.69, 9.17) is 16.4 Å². The second kappa shape index (κ2) is 7.69. The summed E-state index contributed by atoms with van der Waals surface area (Å²) in [6.45, 7) is 1.46. The predicted molar refractivity (Wildman–Crippen MR) is 84.6 cm³/mol. The van der Waals surface area contributed by atoms with Crippen LogP contribution in [-0.2, 0) is 9.63 Å². The minimum atomic E-state index is -0.945. The Hall–Kier alpha value is -2.47. The third-order valence-corrected chi connectivity index (χ3v) is 3.19. The molecule has 2 rings (SSSR count). The molecule has 2 aromatic carbocycles. The predicted octanol–water partition coefficient (Wildman–Crippen LogP) is 4.00. The second-order valence-electron chi connectivity index (χ2n) is 4.62. The highest BCUT2D eigenvalue weighted by molar-refractivity contribution is 6.33. The van der Waals surface area contributed by atoms with Gasteiger partial charge < -0.3 is 10.2 Å². The maximum atomic E-state index is 13.4. The van der Waals surface area contributed by atoms with Gasteiger partial charge >= 0.3 is 0 Å². The lowest BCUT2D eigenvalue weighted by Gasteiger charge is -2.11. The van der Waals surface area contributed by atoms with E-state index in [9.17, 15) is 13.6 Å². The van der Waals surface area contributed by atoms with Crippen molar-refractivity contribution in [2.24, 2.45) is 5.16 Å². The van der Waals surface area contributed by atoms with Crippen molar-refractivity contribution in [2.45, 2.75) is 13.0 Å². The van der Waals surface area contributed by atoms with Crippen molar-refractivity contribution in [1.82, 2.24) is 0 Å². The molecule has 0 spiro atoms. The van der Waals surface area contributed by atoms with E-state index in [1.165, 1.54) is 37.4 Å². The molecule has 0 radical (unpaired) electrons. The van der Waals surface area contributed by atoms with Crippen LogP contribution in [0.2, 0.25) is 5.02 Å². The van der Waals surface area contributed by atoms with Gasteiger partial charge in [-0.3, -0.25) is 4.79 Å². The van der Waals surface area contributed by atoms with Crippen LogP contribution in [0.15, 0.2) is 47.6 Å². The lowest BCUT2D eigenvalue weighted by Crippen LogP contribution is -2.26. The van der Waals surface area contributed by atoms with Crippen LogP contribution < -0.4 is 5.32 Å². The molecule has 0 saturated carbocycles. The van der Waals surface area contributed by atoms with Gasteiger partial charge in [-0.1, -0.05) is 35.0 Å². The quantitative estimate of drug-likeness (QED) is 0.662. The van der Waals surface area contributed by atoms with Crippen molar-refractivity contribution in [1.29, 1.82) is 0 Å². The lowest BCUT2D eigenvalue weighted by molar-refractivity contribution is -0.126. The average molecular weight is 339 g/mol. The standard InChI is InChI=1S/C16H13ClF2N2O2/c1-10(23-20-9-11-4-2-3-5-14(11)19)16(22)21-15-7-6-12(18)8-13(15)17/h2-10H,1H3,(H,21,22)/b20-9-/t10-/m1/s1. The first kappa shape index (κ1) is 16.9. The van der Waals surface area contributed by atoms with Gasteiger partial charge in [0.1, 0.15) is 11.6 Å². The monoisotopic (exact) mass is 338 g/mol. The summed E-state index contributed by atoms with van der Waals surface area (Å²) >= 11 is 5.81. The van der Waals surface area contributed by atoms with Gasteiger partial charge in [0.2, 0.25) is 6.10 Å². The van der Waals surface area contributed by atoms with Crippen LogP contribution in [0.5, 0.6) is 0 Å². The van der Waals surface area contributed by atoms with Crippen molar-refractivity contribution >= 4 is 29.4 Å². The number of hydrogen-bond donors (Lipinski definition) is 1. The van der Waals surface area contributed by atoms with Crippen LogP contribution in [0.4, 0.5) is 14.5 Å². The highest BCUT2D eigenvalue weighted by Crippen LogP contribution is 2.22. The first-order valence-corrected chi connectivity index (χ1v) is 7.05. The van der Waals surface area contributed by atoms with Crippen molar-refractivity contribution in [3.63, 3.8) is 0 Å². The number of oxime groups is 1. The Morgan fingerprint density at radius 1 is 1.30 bits per heavy atom. The molecule has 0 heterocycles. The summed E-state index contributed by atoms with van der Waals surface area (Å²) in [7, 11) is 0. The molecule has 1 atom stereocenters. The molecule has 120 valence electrons. The smallest absolute Gasteiger partial charge is 0.268 e. The number of carbonyl (C=O) groups excluding carboxylic acids is 1. The topological polar surface area (TPSA) is 50.7 Å². The van der Waals surface area contributed by atoms with E-state index in [1.807, 2.05) is 0 Å². The van der Waals surface area contributed by atoms with E-state index in [-0.39, 0.29) is 16.3 Å². The third kappa shape index (κ3) is 4.75. The minimum Gasteiger partial charge on any atom is -0.383 e. The number of benzene rings is 2. The fraction of sp³-hybridized carbons (Fsp3) is 0.125. The van der Waals surface area contributed by atoms with Gasteiger partial charge in [0.25, 0.3) is 5.91 Å². The Morgan fingerprint density at radius 2 is 2.04 bits per heavy atom. The zero-order valence-electron chi connectivity index (χ0n) is 12.1. The molecular formula is C16H13ClF2N2O2. The van der Waals surface area contributed by atoms with E-state index < -0.39 is 23.6 Å². The number of hydrogen-bond acceptors (Lipinski definition) is 3. The Bertz CT molecular complexity index is 738. The van der Waals surface area contributed by atoms with E-state index >= 15 is 0 Å². The van der Waals surface area contributed by atoms with Gasteiger partial charge in [0.15, 0.2) is 0 Å². The molecule has 0 saturated heterocycles. The molecule has 0 aliphatic heterocycles. The number of amides is 1. The van der Waals surface area contributed by atoms with E-state index in [1.54, 1.807) is 12.1 Å². The van der Waals surface area contributed by atoms with Gasteiger partial charge in [0, 0.05) is 5.56 Å². The van der Waals surface area contributed by atoms with E-state index in [0.29, 0.717) is 0 Å². The van der Waals surface area contributed by atoms with E-state index in [0.717, 1.165) is 6.07 Å². The lowest BCUT2D eigenvalue weighted by atomic mass is 10.2. The van der Waals surface area contributed by atoms with Gasteiger partial charge in [-0.25, -0.2) is 8.78 Å². The number of anilines is 1. The van der Waals surface area contributed by atoms with Crippen LogP contribution in [0.25, 0.3) is 0 Å². The largest absolute Gasteiger partial charge is 0.383 e. The van der Waals surface area contributed by atoms with Crippen LogP contribution in [-0.4, -0.2) is 18.2 Å². The minimum absolute atomic E-state index is 0.0698. The number of nitrogens with zero attached hydrogens (tertiary/aromatic N) is 1. The van der Waals surface area contributed by atoms with Gasteiger partial charge in [-0.15, -0.1) is 0 Å². The zero-order valence-corrected chi connectivity index (χ0v) is 12.8. The molecule has 0 fully saturated rings. The fourth-order valence-corrected chi connectivity index (χ4v) is 1.85. The van der Waals surface area contributed by atoms with Crippen LogP contribution >= 0.6 is 11.6 Å². The van der Waals surface area contributed by atoms with Crippen molar-refractivity contribution in [3.8, 4) is 0 Å². The first-order chi connectivity index (χ1) is 11.0. The molecule has 23 heavy (non-hydrogen) atoms. The molecule has 0 aliphatic carbocycles. The molecular weight excluding hydrogens is 326 g/mol. The van der Waals surface area contributed by atoms with Crippen molar-refractivity contribution in [2.75, 3.05) is 5.32 Å². The van der Waals surface area contributed by atoms with E-state index in [2.05, 4.69) is 10.5 Å². The van der Waals surface area contributed by atoms with Gasteiger partial charge in [-0.05, 0) is 31.2 Å². The SMILES string of the molecule is C[C@@H](O/N=C\c1ccccc1F)C(=O)Nc1ccc(F)cc1Cl. The number of carbonyl (C=O) groups is 1.